The Hall–Kier alpha value is -2.47. The Bertz CT molecular complexity index is 784. The lowest BCUT2D eigenvalue weighted by Gasteiger charge is -2.40. The highest BCUT2D eigenvalue weighted by Gasteiger charge is 2.26. The Morgan fingerprint density at radius 3 is 2.87 bits per heavy atom. The molecule has 3 aromatic rings. The van der Waals surface area contributed by atoms with Crippen molar-refractivity contribution < 1.29 is 0 Å². The van der Waals surface area contributed by atoms with Gasteiger partial charge in [0.25, 0.3) is 0 Å². The summed E-state index contributed by atoms with van der Waals surface area (Å²) >= 11 is 0. The molecule has 1 fully saturated rings. The van der Waals surface area contributed by atoms with Gasteiger partial charge in [-0.25, -0.2) is 0 Å². The smallest absolute Gasteiger partial charge is 0.180 e. The molecule has 1 atom stereocenters. The normalized spacial score (nSPS) is 19.3. The molecule has 23 heavy (non-hydrogen) atoms. The fourth-order valence-corrected chi connectivity index (χ4v) is 3.24. The fourth-order valence-electron chi connectivity index (χ4n) is 3.24. The topological polar surface area (TPSA) is 49.6 Å². The molecule has 6 heteroatoms. The predicted molar refractivity (Wildman–Crippen MR) is 89.6 cm³/mol. The molecular weight excluding hydrogens is 288 g/mol. The van der Waals surface area contributed by atoms with Crippen LogP contribution in [-0.4, -0.2) is 57.2 Å². The third-order valence-corrected chi connectivity index (χ3v) is 4.62. The van der Waals surface area contributed by atoms with Crippen LogP contribution in [0.5, 0.6) is 0 Å². The average Bonchev–Trinajstić information content (AvgIpc) is 3.06. The van der Waals surface area contributed by atoms with Gasteiger partial charge in [0.05, 0.1) is 12.4 Å². The summed E-state index contributed by atoms with van der Waals surface area (Å²) < 4.78 is 2.01. The van der Waals surface area contributed by atoms with Gasteiger partial charge >= 0.3 is 0 Å². The molecule has 1 unspecified atom stereocenters. The molecule has 0 amide bonds. The van der Waals surface area contributed by atoms with Gasteiger partial charge in [0.1, 0.15) is 12.1 Å². The summed E-state index contributed by atoms with van der Waals surface area (Å²) in [5.74, 6) is 1.07. The summed E-state index contributed by atoms with van der Waals surface area (Å²) in [4.78, 5) is 9.14. The molecular formula is C17H20N6. The maximum absolute atomic E-state index is 4.31. The van der Waals surface area contributed by atoms with Gasteiger partial charge in [0, 0.05) is 25.7 Å². The molecule has 1 aromatic carbocycles. The molecule has 0 aliphatic carbocycles. The first-order valence-corrected chi connectivity index (χ1v) is 7.94. The molecule has 0 spiro atoms. The minimum Gasteiger partial charge on any atom is -0.354 e. The average molecular weight is 308 g/mol. The second-order valence-electron chi connectivity index (χ2n) is 6.09. The van der Waals surface area contributed by atoms with Crippen molar-refractivity contribution in [3.05, 3.63) is 54.6 Å². The first-order chi connectivity index (χ1) is 11.3. The van der Waals surface area contributed by atoms with Gasteiger partial charge in [-0.1, -0.05) is 30.3 Å². The number of benzene rings is 1. The van der Waals surface area contributed by atoms with Crippen LogP contribution >= 0.6 is 0 Å². The van der Waals surface area contributed by atoms with Crippen LogP contribution in [0.4, 0.5) is 5.82 Å². The van der Waals surface area contributed by atoms with Crippen molar-refractivity contribution in [2.24, 2.45) is 0 Å². The number of hydrogen-bond donors (Lipinski definition) is 0. The van der Waals surface area contributed by atoms with E-state index in [4.69, 9.17) is 0 Å². The highest BCUT2D eigenvalue weighted by atomic mass is 15.3. The molecule has 4 rings (SSSR count). The molecule has 2 aromatic heterocycles. The summed E-state index contributed by atoms with van der Waals surface area (Å²) in [5.41, 5.74) is 2.17. The highest BCUT2D eigenvalue weighted by Crippen LogP contribution is 2.20. The number of likely N-dealkylation sites (N-methyl/N-ethyl adjacent to an activating group) is 1. The van der Waals surface area contributed by atoms with Crippen LogP contribution in [-0.2, 0) is 6.42 Å². The SMILES string of the molecule is CN1CCN(c2cncc3nncn23)CC1Cc1ccccc1. The van der Waals surface area contributed by atoms with E-state index in [-0.39, 0.29) is 0 Å². The largest absolute Gasteiger partial charge is 0.354 e. The zero-order valence-corrected chi connectivity index (χ0v) is 13.2. The maximum atomic E-state index is 4.31. The van der Waals surface area contributed by atoms with E-state index in [0.717, 1.165) is 37.5 Å². The van der Waals surface area contributed by atoms with Gasteiger partial charge in [-0.2, -0.15) is 0 Å². The van der Waals surface area contributed by atoms with Gasteiger partial charge < -0.3 is 4.90 Å². The van der Waals surface area contributed by atoms with Crippen LogP contribution in [0.1, 0.15) is 5.56 Å². The zero-order valence-electron chi connectivity index (χ0n) is 13.2. The van der Waals surface area contributed by atoms with Crippen molar-refractivity contribution in [1.82, 2.24) is 24.5 Å². The Kier molecular flexibility index (Phi) is 3.67. The molecule has 3 heterocycles. The lowest BCUT2D eigenvalue weighted by atomic mass is 10.0. The monoisotopic (exact) mass is 308 g/mol. The van der Waals surface area contributed by atoms with E-state index in [1.54, 1.807) is 12.5 Å². The van der Waals surface area contributed by atoms with Gasteiger partial charge in [-0.15, -0.1) is 10.2 Å². The van der Waals surface area contributed by atoms with Crippen LogP contribution in [0.3, 0.4) is 0 Å². The van der Waals surface area contributed by atoms with Crippen molar-refractivity contribution in [2.75, 3.05) is 31.6 Å². The van der Waals surface area contributed by atoms with Crippen molar-refractivity contribution in [3.63, 3.8) is 0 Å². The Morgan fingerprint density at radius 1 is 1.13 bits per heavy atom. The molecule has 0 bridgehead atoms. The Labute approximate surface area is 135 Å². The van der Waals surface area contributed by atoms with E-state index in [2.05, 4.69) is 62.4 Å². The molecule has 1 saturated heterocycles. The van der Waals surface area contributed by atoms with Crippen molar-refractivity contribution in [3.8, 4) is 0 Å². The minimum absolute atomic E-state index is 0.484. The van der Waals surface area contributed by atoms with Crippen LogP contribution in [0, 0.1) is 0 Å². The second-order valence-corrected chi connectivity index (χ2v) is 6.09. The Balaban J connectivity index is 1.58. The van der Waals surface area contributed by atoms with E-state index in [1.807, 2.05) is 10.6 Å². The number of anilines is 1. The van der Waals surface area contributed by atoms with E-state index in [0.29, 0.717) is 6.04 Å². The summed E-state index contributed by atoms with van der Waals surface area (Å²) in [7, 11) is 2.21. The summed E-state index contributed by atoms with van der Waals surface area (Å²) in [6.07, 6.45) is 6.46. The number of piperazine rings is 1. The molecule has 6 nitrogen and oxygen atoms in total. The zero-order chi connectivity index (χ0) is 15.6. The van der Waals surface area contributed by atoms with E-state index in [1.165, 1.54) is 5.56 Å². The van der Waals surface area contributed by atoms with Gasteiger partial charge in [-0.3, -0.25) is 14.3 Å². The predicted octanol–water partition coefficient (Wildman–Crippen LogP) is 1.49. The number of nitrogens with zero attached hydrogens (tertiary/aromatic N) is 6. The van der Waals surface area contributed by atoms with E-state index < -0.39 is 0 Å². The lowest BCUT2D eigenvalue weighted by Crippen LogP contribution is -2.52. The Morgan fingerprint density at radius 2 is 2.00 bits per heavy atom. The first-order valence-electron chi connectivity index (χ1n) is 7.94. The van der Waals surface area contributed by atoms with Crippen LogP contribution in [0.2, 0.25) is 0 Å². The lowest BCUT2D eigenvalue weighted by molar-refractivity contribution is 0.216. The summed E-state index contributed by atoms with van der Waals surface area (Å²) in [6, 6.07) is 11.2. The number of rotatable bonds is 3. The number of fused-ring (bicyclic) bond motifs is 1. The van der Waals surface area contributed by atoms with Crippen LogP contribution < -0.4 is 4.90 Å². The van der Waals surface area contributed by atoms with Crippen molar-refractivity contribution >= 4 is 11.5 Å². The molecule has 1 aliphatic heterocycles. The van der Waals surface area contributed by atoms with Gasteiger partial charge in [0.15, 0.2) is 5.65 Å². The van der Waals surface area contributed by atoms with Crippen LogP contribution in [0.15, 0.2) is 49.1 Å². The summed E-state index contributed by atoms with van der Waals surface area (Å²) in [6.45, 7) is 3.00. The van der Waals surface area contributed by atoms with Crippen molar-refractivity contribution in [1.29, 1.82) is 0 Å². The van der Waals surface area contributed by atoms with E-state index >= 15 is 0 Å². The quantitative estimate of drug-likeness (QED) is 0.734. The van der Waals surface area contributed by atoms with Crippen LogP contribution in [0.25, 0.3) is 5.65 Å². The van der Waals surface area contributed by atoms with Gasteiger partial charge in [-0.05, 0) is 19.0 Å². The number of aromatic nitrogens is 4. The van der Waals surface area contributed by atoms with Gasteiger partial charge in [0.2, 0.25) is 0 Å². The second kappa shape index (κ2) is 5.96. The molecule has 0 N–H and O–H groups in total. The van der Waals surface area contributed by atoms with Crippen molar-refractivity contribution in [2.45, 2.75) is 12.5 Å². The first kappa shape index (κ1) is 14.1. The maximum Gasteiger partial charge on any atom is 0.180 e. The molecule has 118 valence electrons. The third kappa shape index (κ3) is 2.77. The molecule has 0 radical (unpaired) electrons. The molecule has 1 aliphatic rings. The minimum atomic E-state index is 0.484. The fraction of sp³-hybridized carbons (Fsp3) is 0.353. The highest BCUT2D eigenvalue weighted by molar-refractivity contribution is 5.48. The summed E-state index contributed by atoms with van der Waals surface area (Å²) in [5, 5.41) is 8.08. The standard InChI is InChI=1S/C17H20N6/c1-21-7-8-22(12-15(21)9-14-5-3-2-4-6-14)17-11-18-10-16-20-19-13-23(16)17/h2-6,10-11,13,15H,7-9,12H2,1H3. The van der Waals surface area contributed by atoms with E-state index in [9.17, 15) is 0 Å². The molecule has 0 saturated carbocycles. The number of hydrogen-bond acceptors (Lipinski definition) is 5. The third-order valence-electron chi connectivity index (χ3n) is 4.62.